The first-order chi connectivity index (χ1) is 13.3. The van der Waals surface area contributed by atoms with Gasteiger partial charge in [0.2, 0.25) is 0 Å². The summed E-state index contributed by atoms with van der Waals surface area (Å²) in [6.45, 7) is 12.6. The topological polar surface area (TPSA) is 20.2 Å². The fraction of sp³-hybridized carbons (Fsp3) is 0.926. The molecular formula is C27H48Na2O. The standard InChI is InChI=1S/C27H46O.2Na.2H/c1-18(2)7-6-8-19(3)23-11-12-24-22-10-9-20-17-21(28)13-15-26(20,4)25(22)14-16-27(23,24)5;;;;/h9,18-19,21-25,28H,6-8,10-17H2,1-5H3;;;;/t19-,21+,22+,23-,24+,25+,26+,27-;;;;/m1..../s1. The third-order valence-electron chi connectivity index (χ3n) is 10.3. The van der Waals surface area contributed by atoms with Gasteiger partial charge in [0.05, 0.1) is 6.10 Å². The molecule has 0 amide bonds. The Hall–Kier alpha value is 1.70. The zero-order valence-corrected chi connectivity index (χ0v) is 19.3. The molecule has 0 aliphatic heterocycles. The Morgan fingerprint density at radius 1 is 0.967 bits per heavy atom. The molecule has 0 aromatic heterocycles. The predicted octanol–water partition coefficient (Wildman–Crippen LogP) is 6.09. The number of rotatable bonds is 5. The first-order valence-electron chi connectivity index (χ1n) is 12.6. The van der Waals surface area contributed by atoms with E-state index in [1.165, 1.54) is 57.8 Å². The van der Waals surface area contributed by atoms with E-state index in [9.17, 15) is 5.11 Å². The molecule has 0 aromatic rings. The van der Waals surface area contributed by atoms with Crippen LogP contribution in [0.2, 0.25) is 0 Å². The maximum absolute atomic E-state index is 10.2. The molecular weight excluding hydrogens is 386 g/mol. The molecule has 4 aliphatic rings. The molecule has 4 rings (SSSR count). The Kier molecular flexibility index (Phi) is 10.2. The normalized spacial score (nSPS) is 43.4. The first kappa shape index (κ1) is 27.9. The van der Waals surface area contributed by atoms with E-state index in [0.717, 1.165) is 48.3 Å². The zero-order valence-electron chi connectivity index (χ0n) is 19.3. The molecule has 30 heavy (non-hydrogen) atoms. The summed E-state index contributed by atoms with van der Waals surface area (Å²) >= 11 is 0. The average Bonchev–Trinajstić information content (AvgIpc) is 2.99. The van der Waals surface area contributed by atoms with Crippen LogP contribution in [0.15, 0.2) is 11.6 Å². The molecule has 4 aliphatic carbocycles. The SMILES string of the molecule is CC(C)CCC[C@@H](C)[C@H]1CC[C@H]2[C@@H]3CC=C4C[C@@H](O)CC[C@]4(C)[C@H]3CC[C@]12C.[NaH].[NaH]. The Morgan fingerprint density at radius 2 is 1.70 bits per heavy atom. The van der Waals surface area contributed by atoms with Crippen molar-refractivity contribution >= 4 is 59.1 Å². The summed E-state index contributed by atoms with van der Waals surface area (Å²) in [5.41, 5.74) is 2.60. The third-order valence-corrected chi connectivity index (χ3v) is 10.3. The van der Waals surface area contributed by atoms with E-state index in [2.05, 4.69) is 40.7 Å². The summed E-state index contributed by atoms with van der Waals surface area (Å²) in [6.07, 6.45) is 17.2. The van der Waals surface area contributed by atoms with Gasteiger partial charge in [-0.2, -0.15) is 0 Å². The number of hydrogen-bond donors (Lipinski definition) is 1. The molecule has 8 atom stereocenters. The molecule has 3 heteroatoms. The van der Waals surface area contributed by atoms with Gasteiger partial charge in [0, 0.05) is 0 Å². The number of hydrogen-bond acceptors (Lipinski definition) is 1. The minimum absolute atomic E-state index is 0. The van der Waals surface area contributed by atoms with E-state index < -0.39 is 0 Å². The van der Waals surface area contributed by atoms with Gasteiger partial charge in [0.15, 0.2) is 0 Å². The van der Waals surface area contributed by atoms with Crippen LogP contribution in [0.1, 0.15) is 105 Å². The van der Waals surface area contributed by atoms with E-state index >= 15 is 0 Å². The van der Waals surface area contributed by atoms with Gasteiger partial charge < -0.3 is 5.11 Å². The van der Waals surface area contributed by atoms with E-state index in [-0.39, 0.29) is 65.2 Å². The maximum atomic E-state index is 10.2. The van der Waals surface area contributed by atoms with Crippen LogP contribution in [-0.2, 0) is 0 Å². The summed E-state index contributed by atoms with van der Waals surface area (Å²) in [5, 5.41) is 10.2. The Balaban J connectivity index is 0.00000160. The van der Waals surface area contributed by atoms with Gasteiger partial charge in [-0.15, -0.1) is 0 Å². The monoisotopic (exact) mass is 434 g/mol. The van der Waals surface area contributed by atoms with E-state index in [4.69, 9.17) is 0 Å². The van der Waals surface area contributed by atoms with Gasteiger partial charge in [-0.3, -0.25) is 0 Å². The molecule has 3 saturated carbocycles. The van der Waals surface area contributed by atoms with Gasteiger partial charge in [0.25, 0.3) is 0 Å². The van der Waals surface area contributed by atoms with Gasteiger partial charge in [-0.05, 0) is 97.7 Å². The second kappa shape index (κ2) is 11.0. The van der Waals surface area contributed by atoms with Crippen molar-refractivity contribution in [2.45, 2.75) is 111 Å². The van der Waals surface area contributed by atoms with Crippen molar-refractivity contribution < 1.29 is 5.11 Å². The van der Waals surface area contributed by atoms with Crippen molar-refractivity contribution in [3.8, 4) is 0 Å². The number of allylic oxidation sites excluding steroid dienone is 1. The van der Waals surface area contributed by atoms with Crippen molar-refractivity contribution in [1.29, 1.82) is 0 Å². The molecule has 1 nitrogen and oxygen atoms in total. The van der Waals surface area contributed by atoms with Gasteiger partial charge in [0.1, 0.15) is 0 Å². The summed E-state index contributed by atoms with van der Waals surface area (Å²) in [6, 6.07) is 0. The molecule has 0 radical (unpaired) electrons. The Morgan fingerprint density at radius 3 is 2.40 bits per heavy atom. The van der Waals surface area contributed by atoms with Crippen molar-refractivity contribution in [1.82, 2.24) is 0 Å². The Bertz CT molecular complexity index is 602. The number of aliphatic hydroxyl groups is 1. The van der Waals surface area contributed by atoms with Crippen LogP contribution in [0.5, 0.6) is 0 Å². The van der Waals surface area contributed by atoms with Crippen molar-refractivity contribution in [2.75, 3.05) is 0 Å². The first-order valence-corrected chi connectivity index (χ1v) is 12.6. The second-order valence-corrected chi connectivity index (χ2v) is 12.2. The molecule has 0 unspecified atom stereocenters. The fourth-order valence-corrected chi connectivity index (χ4v) is 8.67. The number of aliphatic hydroxyl groups excluding tert-OH is 1. The molecule has 0 spiro atoms. The van der Waals surface area contributed by atoms with Crippen LogP contribution in [0.4, 0.5) is 0 Å². The molecule has 3 fully saturated rings. The van der Waals surface area contributed by atoms with Crippen LogP contribution >= 0.6 is 0 Å². The quantitative estimate of drug-likeness (QED) is 0.410. The van der Waals surface area contributed by atoms with Crippen LogP contribution in [0.3, 0.4) is 0 Å². The zero-order chi connectivity index (χ0) is 20.1. The molecule has 0 bridgehead atoms. The minimum atomic E-state index is -0.0766. The van der Waals surface area contributed by atoms with Crippen molar-refractivity contribution in [2.24, 2.45) is 46.3 Å². The van der Waals surface area contributed by atoms with Crippen LogP contribution in [-0.4, -0.2) is 70.3 Å². The van der Waals surface area contributed by atoms with Crippen LogP contribution < -0.4 is 0 Å². The van der Waals surface area contributed by atoms with Crippen molar-refractivity contribution in [3.05, 3.63) is 11.6 Å². The van der Waals surface area contributed by atoms with Gasteiger partial charge in [-0.1, -0.05) is 65.5 Å². The summed E-state index contributed by atoms with van der Waals surface area (Å²) in [5.74, 6) is 5.46. The van der Waals surface area contributed by atoms with E-state index in [1.807, 2.05) is 0 Å². The molecule has 164 valence electrons. The van der Waals surface area contributed by atoms with Crippen LogP contribution in [0.25, 0.3) is 0 Å². The average molecular weight is 435 g/mol. The molecule has 0 heterocycles. The second-order valence-electron chi connectivity index (χ2n) is 12.2. The molecule has 1 N–H and O–H groups in total. The number of fused-ring (bicyclic) bond motifs is 5. The summed E-state index contributed by atoms with van der Waals surface area (Å²) in [7, 11) is 0. The Labute approximate surface area is 231 Å². The van der Waals surface area contributed by atoms with Crippen molar-refractivity contribution in [3.63, 3.8) is 0 Å². The van der Waals surface area contributed by atoms with Crippen LogP contribution in [0, 0.1) is 46.3 Å². The van der Waals surface area contributed by atoms with E-state index in [0.29, 0.717) is 10.8 Å². The predicted molar refractivity (Wildman–Crippen MR) is 133 cm³/mol. The summed E-state index contributed by atoms with van der Waals surface area (Å²) < 4.78 is 0. The molecule has 0 saturated heterocycles. The van der Waals surface area contributed by atoms with E-state index in [1.54, 1.807) is 5.57 Å². The fourth-order valence-electron chi connectivity index (χ4n) is 8.67. The van der Waals surface area contributed by atoms with Gasteiger partial charge in [-0.25, -0.2) is 0 Å². The molecule has 0 aromatic carbocycles. The third kappa shape index (κ3) is 5.04. The summed E-state index contributed by atoms with van der Waals surface area (Å²) in [4.78, 5) is 0. The van der Waals surface area contributed by atoms with Gasteiger partial charge >= 0.3 is 59.1 Å².